The van der Waals surface area contributed by atoms with Crippen molar-refractivity contribution in [3.8, 4) is 28.3 Å². The van der Waals surface area contributed by atoms with Crippen molar-refractivity contribution < 1.29 is 0 Å². The largest absolute Gasteiger partial charge is 0.192 e. The molecule has 0 unspecified atom stereocenters. The SMILES string of the molecule is N#Cc1c(-c2ccccc2)cccc1-c1ccc2ccc3cccc4ccc1c2c34. The van der Waals surface area contributed by atoms with Crippen molar-refractivity contribution in [2.45, 2.75) is 0 Å². The van der Waals surface area contributed by atoms with Gasteiger partial charge >= 0.3 is 0 Å². The number of hydrogen-bond acceptors (Lipinski definition) is 1. The summed E-state index contributed by atoms with van der Waals surface area (Å²) in [5, 5.41) is 17.6. The Labute approximate surface area is 174 Å². The maximum atomic E-state index is 10.1. The van der Waals surface area contributed by atoms with Crippen LogP contribution in [0.15, 0.2) is 103 Å². The van der Waals surface area contributed by atoms with Gasteiger partial charge < -0.3 is 0 Å². The average molecular weight is 379 g/mol. The van der Waals surface area contributed by atoms with Crippen LogP contribution < -0.4 is 0 Å². The summed E-state index contributed by atoms with van der Waals surface area (Å²) in [7, 11) is 0. The van der Waals surface area contributed by atoms with Gasteiger partial charge in [-0.05, 0) is 43.4 Å². The van der Waals surface area contributed by atoms with Crippen LogP contribution in [0.25, 0.3) is 54.6 Å². The maximum absolute atomic E-state index is 10.1. The van der Waals surface area contributed by atoms with Crippen molar-refractivity contribution in [3.63, 3.8) is 0 Å². The lowest BCUT2D eigenvalue weighted by atomic mass is 9.87. The highest BCUT2D eigenvalue weighted by Gasteiger charge is 2.16. The molecule has 0 aliphatic carbocycles. The van der Waals surface area contributed by atoms with Gasteiger partial charge in [0.05, 0.1) is 5.56 Å². The molecule has 0 fully saturated rings. The predicted octanol–water partition coefficient (Wildman–Crippen LogP) is 7.79. The second-order valence-corrected chi connectivity index (χ2v) is 7.68. The van der Waals surface area contributed by atoms with E-state index in [4.69, 9.17) is 0 Å². The quantitative estimate of drug-likeness (QED) is 0.282. The molecule has 6 aromatic rings. The molecule has 0 amide bonds. The van der Waals surface area contributed by atoms with Gasteiger partial charge in [-0.1, -0.05) is 103 Å². The maximum Gasteiger partial charge on any atom is 0.100 e. The van der Waals surface area contributed by atoms with E-state index in [9.17, 15) is 5.26 Å². The molecule has 0 spiro atoms. The van der Waals surface area contributed by atoms with Crippen LogP contribution in [0, 0.1) is 11.3 Å². The molecule has 30 heavy (non-hydrogen) atoms. The molecule has 0 atom stereocenters. The number of benzene rings is 6. The zero-order chi connectivity index (χ0) is 20.1. The van der Waals surface area contributed by atoms with E-state index >= 15 is 0 Å². The van der Waals surface area contributed by atoms with Crippen LogP contribution in [-0.2, 0) is 0 Å². The Bertz CT molecular complexity index is 1570. The first-order chi connectivity index (χ1) is 14.8. The van der Waals surface area contributed by atoms with Gasteiger partial charge in [0.2, 0.25) is 0 Å². The summed E-state index contributed by atoms with van der Waals surface area (Å²) < 4.78 is 0. The van der Waals surface area contributed by atoms with Crippen LogP contribution in [0.4, 0.5) is 0 Å². The Morgan fingerprint density at radius 3 is 1.87 bits per heavy atom. The molecule has 0 saturated heterocycles. The summed E-state index contributed by atoms with van der Waals surface area (Å²) in [6.45, 7) is 0. The lowest BCUT2D eigenvalue weighted by Crippen LogP contribution is -1.92. The van der Waals surface area contributed by atoms with Crippen molar-refractivity contribution in [1.29, 1.82) is 5.26 Å². The highest BCUT2D eigenvalue weighted by Crippen LogP contribution is 2.41. The molecule has 0 saturated carbocycles. The van der Waals surface area contributed by atoms with Crippen molar-refractivity contribution in [1.82, 2.24) is 0 Å². The number of nitriles is 1. The minimum absolute atomic E-state index is 0.721. The molecule has 6 aromatic carbocycles. The van der Waals surface area contributed by atoms with Crippen LogP contribution in [0.1, 0.15) is 5.56 Å². The summed E-state index contributed by atoms with van der Waals surface area (Å²) in [4.78, 5) is 0. The van der Waals surface area contributed by atoms with Crippen molar-refractivity contribution in [3.05, 3.63) is 109 Å². The summed E-state index contributed by atoms with van der Waals surface area (Å²) in [5.74, 6) is 0. The average Bonchev–Trinajstić information content (AvgIpc) is 2.82. The van der Waals surface area contributed by atoms with Crippen LogP contribution >= 0.6 is 0 Å². The van der Waals surface area contributed by atoms with Crippen molar-refractivity contribution in [2.24, 2.45) is 0 Å². The fourth-order valence-corrected chi connectivity index (χ4v) is 4.73. The first-order valence-electron chi connectivity index (χ1n) is 10.1. The first kappa shape index (κ1) is 16.8. The van der Waals surface area contributed by atoms with Gasteiger partial charge in [-0.3, -0.25) is 0 Å². The summed E-state index contributed by atoms with van der Waals surface area (Å²) in [5.41, 5.74) is 4.85. The van der Waals surface area contributed by atoms with E-state index in [1.807, 2.05) is 24.3 Å². The zero-order valence-corrected chi connectivity index (χ0v) is 16.3. The first-order valence-corrected chi connectivity index (χ1v) is 10.1. The van der Waals surface area contributed by atoms with Gasteiger partial charge in [0.1, 0.15) is 6.07 Å². The lowest BCUT2D eigenvalue weighted by molar-refractivity contribution is 1.47. The molecule has 0 aliphatic rings. The Kier molecular flexibility index (Phi) is 3.60. The van der Waals surface area contributed by atoms with Gasteiger partial charge in [-0.15, -0.1) is 0 Å². The van der Waals surface area contributed by atoms with Gasteiger partial charge in [-0.25, -0.2) is 0 Å². The molecule has 0 heterocycles. The smallest absolute Gasteiger partial charge is 0.100 e. The molecule has 138 valence electrons. The van der Waals surface area contributed by atoms with Crippen LogP contribution in [0.3, 0.4) is 0 Å². The van der Waals surface area contributed by atoms with Crippen molar-refractivity contribution in [2.75, 3.05) is 0 Å². The zero-order valence-electron chi connectivity index (χ0n) is 16.3. The van der Waals surface area contributed by atoms with Gasteiger partial charge in [0, 0.05) is 11.1 Å². The molecule has 0 aliphatic heterocycles. The van der Waals surface area contributed by atoms with E-state index in [2.05, 4.69) is 84.9 Å². The molecule has 1 heteroatoms. The van der Waals surface area contributed by atoms with E-state index in [0.717, 1.165) is 27.8 Å². The third-order valence-corrected chi connectivity index (χ3v) is 6.08. The van der Waals surface area contributed by atoms with Crippen LogP contribution in [0.5, 0.6) is 0 Å². The standard InChI is InChI=1S/C29H17N/c30-18-27-23(19-6-2-1-3-7-19)10-5-11-24(27)25-16-14-22-13-12-20-8-4-9-21-15-17-26(25)29(22)28(20)21/h1-17H. The summed E-state index contributed by atoms with van der Waals surface area (Å²) in [6, 6.07) is 38.4. The van der Waals surface area contributed by atoms with Crippen molar-refractivity contribution >= 4 is 32.3 Å². The van der Waals surface area contributed by atoms with E-state index < -0.39 is 0 Å². The van der Waals surface area contributed by atoms with Gasteiger partial charge in [0.15, 0.2) is 0 Å². The van der Waals surface area contributed by atoms with E-state index in [0.29, 0.717) is 0 Å². The molecule has 0 aromatic heterocycles. The molecule has 1 nitrogen and oxygen atoms in total. The normalized spacial score (nSPS) is 11.3. The summed E-state index contributed by atoms with van der Waals surface area (Å²) >= 11 is 0. The van der Waals surface area contributed by atoms with E-state index in [1.54, 1.807) is 0 Å². The minimum atomic E-state index is 0.721. The third-order valence-electron chi connectivity index (χ3n) is 6.08. The number of rotatable bonds is 2. The van der Waals surface area contributed by atoms with Crippen LogP contribution in [-0.4, -0.2) is 0 Å². The molecular weight excluding hydrogens is 362 g/mol. The molecule has 6 rings (SSSR count). The Morgan fingerprint density at radius 2 is 1.10 bits per heavy atom. The lowest BCUT2D eigenvalue weighted by Gasteiger charge is -2.16. The Morgan fingerprint density at radius 1 is 0.467 bits per heavy atom. The molecular formula is C29H17N. The Balaban J connectivity index is 1.71. The number of hydrogen-bond donors (Lipinski definition) is 0. The Hall–Kier alpha value is -4.15. The van der Waals surface area contributed by atoms with E-state index in [1.165, 1.54) is 32.3 Å². The highest BCUT2D eigenvalue weighted by molar-refractivity contribution is 6.25. The minimum Gasteiger partial charge on any atom is -0.192 e. The third kappa shape index (κ3) is 2.35. The summed E-state index contributed by atoms with van der Waals surface area (Å²) in [6.07, 6.45) is 0. The molecule has 0 radical (unpaired) electrons. The fourth-order valence-electron chi connectivity index (χ4n) is 4.73. The fraction of sp³-hybridized carbons (Fsp3) is 0. The number of nitrogens with zero attached hydrogens (tertiary/aromatic N) is 1. The second kappa shape index (κ2) is 6.44. The monoisotopic (exact) mass is 379 g/mol. The van der Waals surface area contributed by atoms with Gasteiger partial charge in [0.25, 0.3) is 0 Å². The van der Waals surface area contributed by atoms with Gasteiger partial charge in [-0.2, -0.15) is 5.26 Å². The predicted molar refractivity (Wildman–Crippen MR) is 126 cm³/mol. The topological polar surface area (TPSA) is 23.8 Å². The highest BCUT2D eigenvalue weighted by atomic mass is 14.3. The van der Waals surface area contributed by atoms with Crippen LogP contribution in [0.2, 0.25) is 0 Å². The molecule has 0 N–H and O–H groups in total. The second-order valence-electron chi connectivity index (χ2n) is 7.68. The van der Waals surface area contributed by atoms with E-state index in [-0.39, 0.29) is 0 Å². The molecule has 0 bridgehead atoms.